The average molecular weight is 681 g/mol. The summed E-state index contributed by atoms with van der Waals surface area (Å²) in [7, 11) is 0. The van der Waals surface area contributed by atoms with Gasteiger partial charge in [-0.25, -0.2) is 0 Å². The van der Waals surface area contributed by atoms with Crippen molar-refractivity contribution in [2.45, 2.75) is 47.9 Å². The van der Waals surface area contributed by atoms with Gasteiger partial charge in [-0.2, -0.15) is 0 Å². The zero-order valence-corrected chi connectivity index (χ0v) is 29.9. The fraction of sp³-hybridized carbons (Fsp3) is 0.263. The molecule has 0 saturated heterocycles. The van der Waals surface area contributed by atoms with Gasteiger partial charge in [0.1, 0.15) is 0 Å². The van der Waals surface area contributed by atoms with Crippen LogP contribution in [0.4, 0.5) is 0 Å². The SMILES string of the molecule is CC1=Cc2c(-c3ccccc3)cccc2[CH]1[Zr]([CH3])([CH3])[CH2][CH2][Zr]([CH3])([CH3])[CH]1C(C)=Cc2c(-c3ccccc3)cccc21. The molecule has 4 aromatic carbocycles. The summed E-state index contributed by atoms with van der Waals surface area (Å²) in [5.74, 6) is 0. The van der Waals surface area contributed by atoms with Crippen molar-refractivity contribution < 1.29 is 40.5 Å². The van der Waals surface area contributed by atoms with Crippen molar-refractivity contribution in [3.63, 3.8) is 0 Å². The monoisotopic (exact) mass is 678 g/mol. The molecule has 0 N–H and O–H groups in total. The molecular weight excluding hydrogens is 639 g/mol. The summed E-state index contributed by atoms with van der Waals surface area (Å²) in [6.07, 6.45) is 5.06. The topological polar surface area (TPSA) is 0 Å². The molecule has 2 atom stereocenters. The summed E-state index contributed by atoms with van der Waals surface area (Å²) in [6, 6.07) is 36.1. The third-order valence-corrected chi connectivity index (χ3v) is 31.7. The fourth-order valence-electron chi connectivity index (χ4n) is 7.85. The normalized spacial score (nSPS) is 18.2. The van der Waals surface area contributed by atoms with Gasteiger partial charge >= 0.3 is 253 Å². The molecular formula is C38H42Zr2. The standard InChI is InChI=1S/2C16H13.C2H4.4CH3.2Zr/c2*1-12-10-14-8-5-9-15(16(14)11-12)13-6-3-2-4-7-13;1-2;;;;;;/h2*2-11H,1H3;1-2H2;4*1H3;;. The first-order valence-electron chi connectivity index (χ1n) is 14.9. The van der Waals surface area contributed by atoms with Crippen LogP contribution in [0.5, 0.6) is 0 Å². The second-order valence-electron chi connectivity index (χ2n) is 13.5. The van der Waals surface area contributed by atoms with Crippen molar-refractivity contribution in [1.82, 2.24) is 0 Å². The Hall–Kier alpha value is -1.87. The average Bonchev–Trinajstić information content (AvgIpc) is 3.49. The van der Waals surface area contributed by atoms with Crippen molar-refractivity contribution in [2.24, 2.45) is 0 Å². The molecule has 4 aromatic rings. The second-order valence-corrected chi connectivity index (χ2v) is 38.3. The summed E-state index contributed by atoms with van der Waals surface area (Å²) in [5, 5.41) is 0. The minimum atomic E-state index is -2.50. The molecule has 202 valence electrons. The molecule has 0 fully saturated rings. The Morgan fingerprint density at radius 2 is 0.850 bits per heavy atom. The van der Waals surface area contributed by atoms with Crippen molar-refractivity contribution in [3.8, 4) is 22.3 Å². The van der Waals surface area contributed by atoms with Gasteiger partial charge in [0, 0.05) is 0 Å². The molecule has 0 aromatic heterocycles. The molecule has 0 heterocycles. The predicted octanol–water partition coefficient (Wildman–Crippen LogP) is 12.0. The Bertz CT molecular complexity index is 1480. The van der Waals surface area contributed by atoms with Gasteiger partial charge in [0.25, 0.3) is 0 Å². The van der Waals surface area contributed by atoms with Crippen molar-refractivity contribution in [1.29, 1.82) is 0 Å². The zero-order chi connectivity index (χ0) is 28.1. The van der Waals surface area contributed by atoms with Gasteiger partial charge in [-0.05, 0) is 0 Å². The Labute approximate surface area is 251 Å². The first kappa shape index (κ1) is 28.3. The molecule has 0 nitrogen and oxygen atoms in total. The molecule has 0 radical (unpaired) electrons. The van der Waals surface area contributed by atoms with E-state index in [0.29, 0.717) is 7.25 Å². The molecule has 40 heavy (non-hydrogen) atoms. The van der Waals surface area contributed by atoms with E-state index in [9.17, 15) is 0 Å². The van der Waals surface area contributed by atoms with Crippen LogP contribution in [0.2, 0.25) is 26.8 Å². The van der Waals surface area contributed by atoms with E-state index < -0.39 is 40.5 Å². The fourth-order valence-corrected chi connectivity index (χ4v) is 43.0. The maximum absolute atomic E-state index is 2.74. The number of allylic oxidation sites excluding steroid dienone is 2. The van der Waals surface area contributed by atoms with E-state index in [4.69, 9.17) is 0 Å². The first-order valence-corrected chi connectivity index (χ1v) is 31.0. The van der Waals surface area contributed by atoms with E-state index in [2.05, 4.69) is 142 Å². The van der Waals surface area contributed by atoms with E-state index in [0.717, 1.165) is 0 Å². The van der Waals surface area contributed by atoms with Gasteiger partial charge in [-0.15, -0.1) is 0 Å². The number of fused-ring (bicyclic) bond motifs is 2. The summed E-state index contributed by atoms with van der Waals surface area (Å²) in [4.78, 5) is 0. The molecule has 6 rings (SSSR count). The first-order chi connectivity index (χ1) is 19.2. The quantitative estimate of drug-likeness (QED) is 0.182. The van der Waals surface area contributed by atoms with Gasteiger partial charge in [-0.3, -0.25) is 0 Å². The van der Waals surface area contributed by atoms with Crippen molar-refractivity contribution in [3.05, 3.63) is 130 Å². The Kier molecular flexibility index (Phi) is 7.83. The summed E-state index contributed by atoms with van der Waals surface area (Å²) in [6.45, 7) is 4.83. The van der Waals surface area contributed by atoms with Crippen LogP contribution in [-0.4, -0.2) is 0 Å². The molecule has 0 spiro atoms. The third kappa shape index (κ3) is 5.14. The van der Waals surface area contributed by atoms with E-state index in [-0.39, 0.29) is 0 Å². The Balaban J connectivity index is 1.27. The van der Waals surface area contributed by atoms with Gasteiger partial charge in [-0.1, -0.05) is 0 Å². The summed E-state index contributed by atoms with van der Waals surface area (Å²) < 4.78 is 15.3. The second kappa shape index (κ2) is 11.1. The van der Waals surface area contributed by atoms with E-state index >= 15 is 0 Å². The summed E-state index contributed by atoms with van der Waals surface area (Å²) in [5.41, 5.74) is 14.9. The third-order valence-electron chi connectivity index (χ3n) is 9.70. The minimum absolute atomic E-state index is 0.687. The van der Waals surface area contributed by atoms with Crippen molar-refractivity contribution >= 4 is 12.2 Å². The van der Waals surface area contributed by atoms with Crippen LogP contribution >= 0.6 is 0 Å². The van der Waals surface area contributed by atoms with Crippen LogP contribution in [0, 0.1) is 0 Å². The van der Waals surface area contributed by atoms with Crippen LogP contribution < -0.4 is 0 Å². The van der Waals surface area contributed by atoms with Crippen LogP contribution in [0.25, 0.3) is 34.4 Å². The van der Waals surface area contributed by atoms with E-state index in [1.807, 2.05) is 0 Å². The van der Waals surface area contributed by atoms with Crippen LogP contribution in [0.3, 0.4) is 0 Å². The molecule has 0 bridgehead atoms. The Morgan fingerprint density at radius 3 is 1.23 bits per heavy atom. The Morgan fingerprint density at radius 1 is 0.475 bits per heavy atom. The van der Waals surface area contributed by atoms with Crippen LogP contribution in [0.15, 0.2) is 108 Å². The molecule has 2 aliphatic carbocycles. The predicted molar refractivity (Wildman–Crippen MR) is 170 cm³/mol. The molecule has 2 aliphatic rings. The van der Waals surface area contributed by atoms with Gasteiger partial charge < -0.3 is 0 Å². The molecule has 2 heteroatoms. The molecule has 0 aliphatic heterocycles. The number of hydrogen-bond acceptors (Lipinski definition) is 0. The van der Waals surface area contributed by atoms with Gasteiger partial charge in [0.2, 0.25) is 0 Å². The maximum atomic E-state index is 2.74. The van der Waals surface area contributed by atoms with Gasteiger partial charge in [0.15, 0.2) is 0 Å². The van der Waals surface area contributed by atoms with Crippen molar-refractivity contribution in [2.75, 3.05) is 0 Å². The van der Waals surface area contributed by atoms with Crippen LogP contribution in [0.1, 0.15) is 43.4 Å². The summed E-state index contributed by atoms with van der Waals surface area (Å²) >= 11 is -5.00. The number of hydrogen-bond donors (Lipinski definition) is 0. The molecule has 0 saturated carbocycles. The molecule has 0 amide bonds. The molecule has 2 unspecified atom stereocenters. The zero-order valence-electron chi connectivity index (χ0n) is 25.0. The van der Waals surface area contributed by atoms with Crippen LogP contribution in [-0.2, 0) is 40.5 Å². The van der Waals surface area contributed by atoms with E-state index in [1.54, 1.807) is 22.3 Å². The number of benzene rings is 4. The van der Waals surface area contributed by atoms with E-state index in [1.165, 1.54) is 41.6 Å². The number of rotatable bonds is 7. The van der Waals surface area contributed by atoms with Gasteiger partial charge in [0.05, 0.1) is 0 Å².